The van der Waals surface area contributed by atoms with Gasteiger partial charge in [0.1, 0.15) is 6.17 Å². The van der Waals surface area contributed by atoms with Crippen LogP contribution in [0.5, 0.6) is 0 Å². The Balaban J connectivity index is 2.57. The molecule has 0 saturated heterocycles. The van der Waals surface area contributed by atoms with Crippen molar-refractivity contribution in [1.29, 1.82) is 0 Å². The molecule has 1 aromatic heterocycles. The fraction of sp³-hybridized carbons (Fsp3) is 0.286. The van der Waals surface area contributed by atoms with Gasteiger partial charge in [0.15, 0.2) is 5.69 Å². The topological polar surface area (TPSA) is 55.1 Å². The number of benzene rings is 1. The van der Waals surface area contributed by atoms with E-state index in [1.54, 1.807) is 19.2 Å². The third kappa shape index (κ3) is 2.50. The first-order valence-corrected chi connectivity index (χ1v) is 5.92. The fourth-order valence-corrected chi connectivity index (χ4v) is 1.99. The molecule has 2 rings (SSSR count). The van der Waals surface area contributed by atoms with Crippen molar-refractivity contribution in [2.75, 3.05) is 0 Å². The fourth-order valence-electron chi connectivity index (χ4n) is 1.99. The van der Waals surface area contributed by atoms with Crippen LogP contribution in [0.3, 0.4) is 0 Å². The number of halogens is 1. The summed E-state index contributed by atoms with van der Waals surface area (Å²) in [6.45, 7) is 3.37. The number of carbonyl (C=O) groups is 1. The van der Waals surface area contributed by atoms with E-state index < -0.39 is 12.1 Å². The van der Waals surface area contributed by atoms with E-state index in [2.05, 4.69) is 5.10 Å². The molecular formula is C14H15FN2O2. The molecule has 0 radical (unpaired) electrons. The van der Waals surface area contributed by atoms with Crippen LogP contribution in [-0.2, 0) is 7.05 Å². The molecule has 0 fully saturated rings. The highest BCUT2D eigenvalue weighted by Crippen LogP contribution is 2.28. The summed E-state index contributed by atoms with van der Waals surface area (Å²) >= 11 is 0. The Morgan fingerprint density at radius 2 is 2.11 bits per heavy atom. The first-order chi connectivity index (χ1) is 8.90. The second-order valence-corrected chi connectivity index (χ2v) is 4.53. The molecule has 0 spiro atoms. The van der Waals surface area contributed by atoms with E-state index in [-0.39, 0.29) is 5.69 Å². The van der Waals surface area contributed by atoms with Gasteiger partial charge in [-0.3, -0.25) is 4.68 Å². The van der Waals surface area contributed by atoms with Gasteiger partial charge < -0.3 is 5.11 Å². The minimum absolute atomic E-state index is 0.0180. The zero-order chi connectivity index (χ0) is 14.2. The van der Waals surface area contributed by atoms with Gasteiger partial charge in [-0.15, -0.1) is 0 Å². The minimum Gasteiger partial charge on any atom is -0.476 e. The number of carboxylic acids is 1. The zero-order valence-corrected chi connectivity index (χ0v) is 11.0. The highest BCUT2D eigenvalue weighted by molar-refractivity contribution is 5.87. The number of carboxylic acid groups (broad SMARTS) is 1. The lowest BCUT2D eigenvalue weighted by Crippen LogP contribution is -1.99. The van der Waals surface area contributed by atoms with Gasteiger partial charge in [-0.2, -0.15) is 5.10 Å². The van der Waals surface area contributed by atoms with Gasteiger partial charge in [-0.25, -0.2) is 9.18 Å². The Bertz CT molecular complexity index is 632. The predicted octanol–water partition coefficient (Wildman–Crippen LogP) is 3.12. The Labute approximate surface area is 110 Å². The van der Waals surface area contributed by atoms with Crippen LogP contribution in [0.25, 0.3) is 11.3 Å². The van der Waals surface area contributed by atoms with E-state index >= 15 is 0 Å². The number of aryl methyl sites for hydroxylation is 2. The van der Waals surface area contributed by atoms with E-state index in [4.69, 9.17) is 5.11 Å². The summed E-state index contributed by atoms with van der Waals surface area (Å²) in [6, 6.07) is 6.80. The quantitative estimate of drug-likeness (QED) is 0.924. The Morgan fingerprint density at radius 1 is 1.42 bits per heavy atom. The number of aromatic carboxylic acids is 1. The summed E-state index contributed by atoms with van der Waals surface area (Å²) in [5.74, 6) is -1.07. The SMILES string of the molecule is Cc1ccc(C(C)F)cc1-c1cc(C(=O)O)nn1C. The second kappa shape index (κ2) is 4.84. The molecule has 5 heteroatoms. The average Bonchev–Trinajstić information content (AvgIpc) is 2.72. The molecule has 1 atom stereocenters. The smallest absolute Gasteiger partial charge is 0.356 e. The van der Waals surface area contributed by atoms with Crippen molar-refractivity contribution >= 4 is 5.97 Å². The van der Waals surface area contributed by atoms with Crippen molar-refractivity contribution in [3.63, 3.8) is 0 Å². The average molecular weight is 262 g/mol. The van der Waals surface area contributed by atoms with E-state index in [1.165, 1.54) is 17.7 Å². The normalized spacial score (nSPS) is 12.4. The number of rotatable bonds is 3. The molecule has 4 nitrogen and oxygen atoms in total. The van der Waals surface area contributed by atoms with Gasteiger partial charge in [-0.05, 0) is 37.1 Å². The maximum Gasteiger partial charge on any atom is 0.356 e. The molecule has 0 bridgehead atoms. The molecule has 1 heterocycles. The second-order valence-electron chi connectivity index (χ2n) is 4.53. The Morgan fingerprint density at radius 3 is 2.63 bits per heavy atom. The molecule has 0 aliphatic rings. The Hall–Kier alpha value is -2.17. The first-order valence-electron chi connectivity index (χ1n) is 5.92. The van der Waals surface area contributed by atoms with Crippen molar-refractivity contribution in [1.82, 2.24) is 9.78 Å². The minimum atomic E-state index is -1.07. The van der Waals surface area contributed by atoms with Crippen LogP contribution in [0.2, 0.25) is 0 Å². The molecule has 19 heavy (non-hydrogen) atoms. The van der Waals surface area contributed by atoms with Crippen LogP contribution in [-0.4, -0.2) is 20.9 Å². The molecule has 1 N–H and O–H groups in total. The van der Waals surface area contributed by atoms with Gasteiger partial charge >= 0.3 is 5.97 Å². The monoisotopic (exact) mass is 262 g/mol. The van der Waals surface area contributed by atoms with Crippen LogP contribution in [0.4, 0.5) is 4.39 Å². The van der Waals surface area contributed by atoms with Crippen molar-refractivity contribution in [2.45, 2.75) is 20.0 Å². The lowest BCUT2D eigenvalue weighted by Gasteiger charge is -2.10. The van der Waals surface area contributed by atoms with Crippen LogP contribution < -0.4 is 0 Å². The number of alkyl halides is 1. The van der Waals surface area contributed by atoms with Crippen molar-refractivity contribution in [2.24, 2.45) is 7.05 Å². The van der Waals surface area contributed by atoms with Gasteiger partial charge in [0.25, 0.3) is 0 Å². The molecule has 1 aromatic carbocycles. The third-order valence-corrected chi connectivity index (χ3v) is 3.10. The highest BCUT2D eigenvalue weighted by Gasteiger charge is 2.15. The molecule has 0 aliphatic carbocycles. The zero-order valence-electron chi connectivity index (χ0n) is 11.0. The summed E-state index contributed by atoms with van der Waals surface area (Å²) in [4.78, 5) is 10.9. The maximum atomic E-state index is 13.4. The summed E-state index contributed by atoms with van der Waals surface area (Å²) in [5.41, 5.74) is 2.96. The molecule has 1 unspecified atom stereocenters. The molecule has 0 saturated carbocycles. The van der Waals surface area contributed by atoms with Gasteiger partial charge in [0.05, 0.1) is 5.69 Å². The van der Waals surface area contributed by atoms with Crippen LogP contribution in [0.1, 0.15) is 34.7 Å². The van der Waals surface area contributed by atoms with Crippen molar-refractivity contribution in [3.05, 3.63) is 41.1 Å². The van der Waals surface area contributed by atoms with E-state index in [1.807, 2.05) is 13.0 Å². The largest absolute Gasteiger partial charge is 0.476 e. The van der Waals surface area contributed by atoms with Crippen LogP contribution in [0.15, 0.2) is 24.3 Å². The lowest BCUT2D eigenvalue weighted by atomic mass is 10.00. The summed E-state index contributed by atoms with van der Waals surface area (Å²) in [7, 11) is 1.67. The van der Waals surface area contributed by atoms with Crippen LogP contribution >= 0.6 is 0 Å². The van der Waals surface area contributed by atoms with E-state index in [0.717, 1.165) is 11.1 Å². The summed E-state index contributed by atoms with van der Waals surface area (Å²) in [5, 5.41) is 12.9. The van der Waals surface area contributed by atoms with Crippen molar-refractivity contribution < 1.29 is 14.3 Å². The van der Waals surface area contributed by atoms with Gasteiger partial charge in [-0.1, -0.05) is 12.1 Å². The van der Waals surface area contributed by atoms with Crippen LogP contribution in [0, 0.1) is 6.92 Å². The molecule has 0 amide bonds. The van der Waals surface area contributed by atoms with E-state index in [0.29, 0.717) is 11.3 Å². The predicted molar refractivity (Wildman–Crippen MR) is 69.9 cm³/mol. The van der Waals surface area contributed by atoms with Gasteiger partial charge in [0, 0.05) is 12.6 Å². The maximum absolute atomic E-state index is 13.4. The summed E-state index contributed by atoms with van der Waals surface area (Å²) in [6.07, 6.45) is -1.06. The molecule has 100 valence electrons. The van der Waals surface area contributed by atoms with Crippen molar-refractivity contribution in [3.8, 4) is 11.3 Å². The number of aromatic nitrogens is 2. The molecule has 0 aliphatic heterocycles. The molecule has 2 aromatic rings. The first kappa shape index (κ1) is 13.3. The third-order valence-electron chi connectivity index (χ3n) is 3.10. The standard InChI is InChI=1S/C14H15FN2O2/c1-8-4-5-10(9(2)15)6-11(8)13-7-12(14(18)19)16-17(13)3/h4-7,9H,1-3H3,(H,18,19). The number of nitrogens with zero attached hydrogens (tertiary/aromatic N) is 2. The Kier molecular flexibility index (Phi) is 3.38. The van der Waals surface area contributed by atoms with Gasteiger partial charge in [0.2, 0.25) is 0 Å². The summed E-state index contributed by atoms with van der Waals surface area (Å²) < 4.78 is 14.9. The lowest BCUT2D eigenvalue weighted by molar-refractivity contribution is 0.0689. The highest BCUT2D eigenvalue weighted by atomic mass is 19.1. The van der Waals surface area contributed by atoms with E-state index in [9.17, 15) is 9.18 Å². The number of hydrogen-bond donors (Lipinski definition) is 1. The molecular weight excluding hydrogens is 247 g/mol. The number of hydrogen-bond acceptors (Lipinski definition) is 2.